The van der Waals surface area contributed by atoms with E-state index in [9.17, 15) is 4.79 Å². The van der Waals surface area contributed by atoms with E-state index in [0.717, 1.165) is 99.8 Å². The van der Waals surface area contributed by atoms with Crippen molar-refractivity contribution in [3.63, 3.8) is 0 Å². The van der Waals surface area contributed by atoms with E-state index in [1.165, 1.54) is 67.2 Å². The van der Waals surface area contributed by atoms with E-state index in [0.29, 0.717) is 51.0 Å². The highest BCUT2D eigenvalue weighted by molar-refractivity contribution is 7.95. The standard InChI is InChI=1S/C53H65NO3SSi2.C48H61NO4Si2.C23H20PS.ClH/c1-8-37-54(38-41-57-60(53(5,6)7,49-29-17-11-18-30-49)50-31-19-12-20-32-50)45-35-33-44(34-36-46-24-23-42-58-46)51(43-45)55-39-21-22-40-56-59(52(2,3)4,47-25-13-9-14-26-47)48-27-15-10-16-28-48;1-8-33-49(34-37-53-55(48(5,6)7,44-27-17-11-18-28-44)45-29-19-12-20-30-45)41-32-31-40(39-50)46(38-41)51-35-21-22-36-52-54(47(2,3)4,42-23-13-9-14-24-42)43-25-15-10-16-26-43;1-4-11-20(12-5-1)24(19-23-17-10-18-25-23,21-13-6-2-7-14-21)22-15-8-3-9-16-22;/h9-20,23-36,42-43H,8,21-22,37-41H2,1-7H3;9-20,23-32,38-39H,8,21-22,33-37H2,1-7H3;1-18H,19H2;1H/q;;+1;/p-1. The maximum absolute atomic E-state index is 12.2. The number of halogens is 1. The van der Waals surface area contributed by atoms with Crippen LogP contribution < -0.4 is 89.1 Å². The zero-order valence-electron chi connectivity index (χ0n) is 85.3. The summed E-state index contributed by atoms with van der Waals surface area (Å²) in [7, 11) is -12.2. The van der Waals surface area contributed by atoms with Gasteiger partial charge < -0.3 is 49.4 Å². The first-order valence-electron chi connectivity index (χ1n) is 50.1. The van der Waals surface area contributed by atoms with Crippen molar-refractivity contribution in [1.82, 2.24) is 0 Å². The molecule has 0 aliphatic heterocycles. The summed E-state index contributed by atoms with van der Waals surface area (Å²) in [5.74, 6) is 1.52. The lowest BCUT2D eigenvalue weighted by atomic mass is 10.1. The Morgan fingerprint density at radius 3 is 0.830 bits per heavy atom. The van der Waals surface area contributed by atoms with Gasteiger partial charge in [-0.3, -0.25) is 4.79 Å². The number of thiophene rings is 2. The zero-order valence-corrected chi connectivity index (χ0v) is 92.6. The number of carbonyl (C=O) groups is 1. The molecule has 0 bridgehead atoms. The summed E-state index contributed by atoms with van der Waals surface area (Å²) >= 11 is 3.60. The molecule has 0 N–H and O–H groups in total. The van der Waals surface area contributed by atoms with E-state index in [-0.39, 0.29) is 32.6 Å². The molecule has 0 spiro atoms. The highest BCUT2D eigenvalue weighted by atomic mass is 35.5. The summed E-state index contributed by atoms with van der Waals surface area (Å²) in [6, 6.07) is 141. The third-order valence-corrected chi connectivity index (χ3v) is 53.1. The van der Waals surface area contributed by atoms with E-state index in [1.54, 1.807) is 11.3 Å². The van der Waals surface area contributed by atoms with E-state index in [4.69, 9.17) is 27.2 Å². The van der Waals surface area contributed by atoms with Crippen molar-refractivity contribution in [1.29, 1.82) is 0 Å². The van der Waals surface area contributed by atoms with Gasteiger partial charge in [-0.1, -0.05) is 406 Å². The molecule has 141 heavy (non-hydrogen) atoms. The van der Waals surface area contributed by atoms with Crippen molar-refractivity contribution in [2.45, 2.75) is 162 Å². The molecule has 0 saturated heterocycles. The van der Waals surface area contributed by atoms with E-state index in [1.807, 2.05) is 29.5 Å². The second kappa shape index (κ2) is 52.5. The smallest absolute Gasteiger partial charge is 0.261 e. The Balaban J connectivity index is 0.000000202. The first-order chi connectivity index (χ1) is 67.9. The summed E-state index contributed by atoms with van der Waals surface area (Å²) in [6.45, 7) is 39.2. The van der Waals surface area contributed by atoms with Crippen molar-refractivity contribution in [3.05, 3.63) is 426 Å². The van der Waals surface area contributed by atoms with Crippen molar-refractivity contribution in [3.8, 4) is 11.5 Å². The maximum Gasteiger partial charge on any atom is 0.261 e. The van der Waals surface area contributed by atoms with Gasteiger partial charge in [-0.15, -0.1) is 22.7 Å². The molecule has 0 amide bonds. The monoisotopic (exact) mass is 2020 g/mol. The summed E-state index contributed by atoms with van der Waals surface area (Å²) < 4.78 is 42.0. The molecule has 15 aromatic rings. The van der Waals surface area contributed by atoms with Crippen LogP contribution in [-0.2, 0) is 23.9 Å². The molecule has 0 aliphatic carbocycles. The molecule has 2 aromatic heterocycles. The molecular weight excluding hydrogens is 1870 g/mol. The average molecular weight is 2020 g/mol. The molecule has 17 heteroatoms. The van der Waals surface area contributed by atoms with Crippen LogP contribution in [-0.4, -0.2) is 105 Å². The SMILES string of the molecule is CCCN(CCO[Si](c1ccccc1)(c1ccccc1)C(C)(C)C)c1ccc(C=Cc2cccs2)c(OCCCCO[Si](c2ccccc2)(c2ccccc2)C(C)(C)C)c1.CCCN(CCO[Si](c1ccccc1)(c1ccccc1)C(C)(C)C)c1ccc(C=O)c(OCCCCO[Si](c2ccccc2)(c2ccccc2)C(C)(C)C)c1.[Cl-].c1ccc([P+](Cc2cccs2)(c2ccccc2)c2ccccc2)cc1. The number of anilines is 2. The van der Waals surface area contributed by atoms with Crippen molar-refractivity contribution >= 4 is 150 Å². The van der Waals surface area contributed by atoms with Crippen LogP contribution >= 0.6 is 29.9 Å². The minimum absolute atomic E-state index is 0. The van der Waals surface area contributed by atoms with Crippen molar-refractivity contribution < 1.29 is 44.4 Å². The number of nitrogens with zero attached hydrogens (tertiary/aromatic N) is 2. The topological polar surface area (TPSA) is 78.9 Å². The highest BCUT2D eigenvalue weighted by Crippen LogP contribution is 2.59. The van der Waals surface area contributed by atoms with Crippen LogP contribution in [0.1, 0.15) is 161 Å². The number of hydrogen-bond acceptors (Lipinski definition) is 11. The van der Waals surface area contributed by atoms with Crippen LogP contribution in [0.3, 0.4) is 0 Å². The van der Waals surface area contributed by atoms with Gasteiger partial charge in [-0.2, -0.15) is 0 Å². The lowest BCUT2D eigenvalue weighted by molar-refractivity contribution is -0.0000373. The van der Waals surface area contributed by atoms with Crippen LogP contribution in [0.4, 0.5) is 11.4 Å². The fourth-order valence-electron chi connectivity index (χ4n) is 20.1. The Bertz CT molecular complexity index is 5900. The molecule has 0 aliphatic rings. The number of benzene rings is 13. The highest BCUT2D eigenvalue weighted by Gasteiger charge is 2.54. The predicted octanol–water partition coefficient (Wildman–Crippen LogP) is 22.7. The number of hydrogen-bond donors (Lipinski definition) is 0. The Morgan fingerprint density at radius 2 is 0.560 bits per heavy atom. The van der Waals surface area contributed by atoms with Crippen LogP contribution in [0.2, 0.25) is 20.2 Å². The van der Waals surface area contributed by atoms with Gasteiger partial charge in [0.25, 0.3) is 33.3 Å². The number of rotatable bonds is 44. The Labute approximate surface area is 862 Å². The summed E-state index contributed by atoms with van der Waals surface area (Å²) in [5, 5.41) is 18.7. The molecule has 0 unspecified atom stereocenters. The van der Waals surface area contributed by atoms with Gasteiger partial charge in [0.15, 0.2) is 6.29 Å². The summed E-state index contributed by atoms with van der Waals surface area (Å²) in [5.41, 5.74) is 3.83. The van der Waals surface area contributed by atoms with Gasteiger partial charge in [0.1, 0.15) is 40.8 Å². The molecule has 13 aromatic carbocycles. The summed E-state index contributed by atoms with van der Waals surface area (Å²) in [6.07, 6.45) is 11.8. The molecule has 2 heterocycles. The first-order valence-corrected chi connectivity index (χ1v) is 61.5. The molecule has 15 rings (SSSR count). The van der Waals surface area contributed by atoms with Crippen molar-refractivity contribution in [2.75, 3.05) is 75.6 Å². The Morgan fingerprint density at radius 1 is 0.291 bits per heavy atom. The predicted molar refractivity (Wildman–Crippen MR) is 613 cm³/mol. The Hall–Kier alpha value is -10.7. The van der Waals surface area contributed by atoms with Crippen LogP contribution in [0, 0.1) is 0 Å². The fourth-order valence-corrected chi connectivity index (χ4v) is 44.4. The molecule has 0 fully saturated rings. The molecule has 0 saturated carbocycles. The van der Waals surface area contributed by atoms with Crippen LogP contribution in [0.5, 0.6) is 11.5 Å². The second-order valence-corrected chi connectivity index (χ2v) is 62.8. The second-order valence-electron chi connectivity index (χ2n) is 40.1. The van der Waals surface area contributed by atoms with Gasteiger partial charge in [-0.25, -0.2) is 0 Å². The molecular formula is C124H146ClN2O7PS2Si4. The van der Waals surface area contributed by atoms with Crippen molar-refractivity contribution in [2.24, 2.45) is 0 Å². The number of unbranched alkanes of at least 4 members (excludes halogenated alkanes) is 2. The molecule has 9 nitrogen and oxygen atoms in total. The molecule has 734 valence electrons. The zero-order chi connectivity index (χ0) is 98.8. The van der Waals surface area contributed by atoms with E-state index < -0.39 is 40.5 Å². The minimum Gasteiger partial charge on any atom is -1.00 e. The first kappa shape index (κ1) is 109. The maximum atomic E-state index is 12.2. The Kier molecular flexibility index (Phi) is 40.6. The molecule has 0 atom stereocenters. The van der Waals surface area contributed by atoms with Gasteiger partial charge in [-0.05, 0) is 196 Å². The van der Waals surface area contributed by atoms with Gasteiger partial charge >= 0.3 is 0 Å². The quantitative estimate of drug-likeness (QED) is 0.0161. The van der Waals surface area contributed by atoms with Gasteiger partial charge in [0.2, 0.25) is 0 Å². The van der Waals surface area contributed by atoms with E-state index in [2.05, 4.69) is 506 Å². The van der Waals surface area contributed by atoms with E-state index >= 15 is 0 Å². The minimum atomic E-state index is -2.66. The normalized spacial score (nSPS) is 12.2. The lowest BCUT2D eigenvalue weighted by Gasteiger charge is -2.43. The van der Waals surface area contributed by atoms with Crippen LogP contribution in [0.15, 0.2) is 405 Å². The third-order valence-electron chi connectivity index (χ3n) is 26.6. The largest absolute Gasteiger partial charge is 1.00 e. The number of ether oxygens (including phenoxy) is 2. The van der Waals surface area contributed by atoms with Gasteiger partial charge in [0, 0.05) is 78.2 Å². The third kappa shape index (κ3) is 26.9. The molecule has 0 radical (unpaired) electrons. The van der Waals surface area contributed by atoms with Crippen LogP contribution in [0.25, 0.3) is 12.2 Å². The fraction of sp³-hybridized carbons (Fsp3) is 0.282. The lowest BCUT2D eigenvalue weighted by Crippen LogP contribution is -3.00. The number of carbonyl (C=O) groups excluding carboxylic acids is 1. The average Bonchev–Trinajstić information content (AvgIpc) is 1.33. The van der Waals surface area contributed by atoms with Gasteiger partial charge in [0.05, 0.1) is 32.0 Å². The number of aldehydes is 1. The summed E-state index contributed by atoms with van der Waals surface area (Å²) in [4.78, 5) is 19.7.